The van der Waals surface area contributed by atoms with Gasteiger partial charge in [-0.15, -0.1) is 0 Å². The number of nitrogens with zero attached hydrogens (tertiary/aromatic N) is 1. The van der Waals surface area contributed by atoms with Gasteiger partial charge in [0.05, 0.1) is 5.56 Å². The van der Waals surface area contributed by atoms with E-state index in [0.29, 0.717) is 42.4 Å². The average Bonchev–Trinajstić information content (AvgIpc) is 3.09. The lowest BCUT2D eigenvalue weighted by Crippen LogP contribution is -2.44. The molecule has 2 bridgehead atoms. The smallest absolute Gasteiger partial charge is 0.257 e. The van der Waals surface area contributed by atoms with Gasteiger partial charge >= 0.3 is 0 Å². The minimum absolute atomic E-state index is 0.0768. The van der Waals surface area contributed by atoms with Crippen molar-refractivity contribution in [1.82, 2.24) is 15.6 Å². The fraction of sp³-hybridized carbons (Fsp3) is 0.571. The standard InChI is InChI=1S/C14H17N3O3/c18-13(17-11-5-10-3-8(11)6-15-10)9-4-12-14(16-7-9)20-2-1-19-12/h4,7-8,10-11,15H,1-3,5-6H2,(H,17,18). The molecule has 2 N–H and O–H groups in total. The lowest BCUT2D eigenvalue weighted by molar-refractivity contribution is 0.0923. The Morgan fingerprint density at radius 2 is 2.25 bits per heavy atom. The Morgan fingerprint density at radius 1 is 1.35 bits per heavy atom. The number of aromatic nitrogens is 1. The second-order valence-corrected chi connectivity index (χ2v) is 5.64. The van der Waals surface area contributed by atoms with Crippen LogP contribution < -0.4 is 20.1 Å². The maximum absolute atomic E-state index is 12.3. The van der Waals surface area contributed by atoms with Crippen LogP contribution in [0.15, 0.2) is 12.3 Å². The summed E-state index contributed by atoms with van der Waals surface area (Å²) >= 11 is 0. The van der Waals surface area contributed by atoms with Gasteiger partial charge in [0, 0.05) is 30.9 Å². The van der Waals surface area contributed by atoms with Crippen LogP contribution in [-0.2, 0) is 0 Å². The molecule has 20 heavy (non-hydrogen) atoms. The zero-order valence-electron chi connectivity index (χ0n) is 11.1. The van der Waals surface area contributed by atoms with Gasteiger partial charge in [0.15, 0.2) is 5.75 Å². The Kier molecular flexibility index (Phi) is 2.77. The number of nitrogens with one attached hydrogen (secondary N) is 2. The molecule has 2 fully saturated rings. The molecule has 3 unspecified atom stereocenters. The highest BCUT2D eigenvalue weighted by Crippen LogP contribution is 2.32. The highest BCUT2D eigenvalue weighted by molar-refractivity contribution is 5.94. The first kappa shape index (κ1) is 12.0. The van der Waals surface area contributed by atoms with Crippen LogP contribution in [0.3, 0.4) is 0 Å². The van der Waals surface area contributed by atoms with E-state index >= 15 is 0 Å². The quantitative estimate of drug-likeness (QED) is 0.814. The highest BCUT2D eigenvalue weighted by Gasteiger charge is 2.40. The fourth-order valence-corrected chi connectivity index (χ4v) is 3.32. The van der Waals surface area contributed by atoms with E-state index in [4.69, 9.17) is 9.47 Å². The Morgan fingerprint density at radius 3 is 3.05 bits per heavy atom. The summed E-state index contributed by atoms with van der Waals surface area (Å²) in [6, 6.07) is 2.56. The van der Waals surface area contributed by atoms with Crippen molar-refractivity contribution < 1.29 is 14.3 Å². The molecular formula is C14H17N3O3. The van der Waals surface area contributed by atoms with Gasteiger partial charge in [0.1, 0.15) is 13.2 Å². The van der Waals surface area contributed by atoms with Crippen molar-refractivity contribution in [2.75, 3.05) is 19.8 Å². The molecule has 6 nitrogen and oxygen atoms in total. The lowest BCUT2D eigenvalue weighted by Gasteiger charge is -2.24. The van der Waals surface area contributed by atoms with E-state index in [1.807, 2.05) is 0 Å². The number of amides is 1. The van der Waals surface area contributed by atoms with Gasteiger partial charge in [-0.3, -0.25) is 4.79 Å². The third kappa shape index (κ3) is 2.00. The van der Waals surface area contributed by atoms with Crippen molar-refractivity contribution in [3.05, 3.63) is 17.8 Å². The molecule has 3 atom stereocenters. The molecule has 106 valence electrons. The van der Waals surface area contributed by atoms with Crippen LogP contribution in [0.1, 0.15) is 23.2 Å². The number of carbonyl (C=O) groups excluding carboxylic acids is 1. The molecule has 4 rings (SSSR count). The number of carbonyl (C=O) groups is 1. The normalized spacial score (nSPS) is 30.3. The Balaban J connectivity index is 1.48. The molecule has 1 aliphatic carbocycles. The van der Waals surface area contributed by atoms with Gasteiger partial charge in [-0.25, -0.2) is 4.98 Å². The van der Waals surface area contributed by atoms with Crippen molar-refractivity contribution in [3.63, 3.8) is 0 Å². The number of pyridine rings is 1. The Labute approximate surface area is 116 Å². The summed E-state index contributed by atoms with van der Waals surface area (Å²) in [6.07, 6.45) is 3.74. The number of hydrogen-bond donors (Lipinski definition) is 2. The first-order chi connectivity index (χ1) is 9.79. The second-order valence-electron chi connectivity index (χ2n) is 5.64. The highest BCUT2D eigenvalue weighted by atomic mass is 16.6. The van der Waals surface area contributed by atoms with E-state index in [0.717, 1.165) is 13.0 Å². The third-order valence-electron chi connectivity index (χ3n) is 4.34. The molecule has 2 aliphatic heterocycles. The van der Waals surface area contributed by atoms with Crippen LogP contribution >= 0.6 is 0 Å². The SMILES string of the molecule is O=C(NC1CC2CC1CN2)c1cnc2c(c1)OCCO2. The van der Waals surface area contributed by atoms with Crippen molar-refractivity contribution in [3.8, 4) is 11.6 Å². The van der Waals surface area contributed by atoms with Gasteiger partial charge in [0.25, 0.3) is 11.8 Å². The molecule has 1 aromatic heterocycles. The average molecular weight is 275 g/mol. The summed E-state index contributed by atoms with van der Waals surface area (Å²) in [5.41, 5.74) is 0.532. The van der Waals surface area contributed by atoms with Crippen LogP contribution in [-0.4, -0.2) is 42.7 Å². The summed E-state index contributed by atoms with van der Waals surface area (Å²) in [5, 5.41) is 6.56. The molecule has 3 heterocycles. The van der Waals surface area contributed by atoms with Crippen LogP contribution in [0, 0.1) is 5.92 Å². The number of rotatable bonds is 2. The van der Waals surface area contributed by atoms with E-state index in [2.05, 4.69) is 15.6 Å². The lowest BCUT2D eigenvalue weighted by atomic mass is 10.0. The third-order valence-corrected chi connectivity index (χ3v) is 4.34. The van der Waals surface area contributed by atoms with Crippen molar-refractivity contribution >= 4 is 5.91 Å². The molecule has 0 spiro atoms. The molecule has 0 radical (unpaired) electrons. The van der Waals surface area contributed by atoms with E-state index in [1.54, 1.807) is 12.3 Å². The zero-order chi connectivity index (χ0) is 13.5. The predicted octanol–water partition coefficient (Wildman–Crippen LogP) is 0.333. The van der Waals surface area contributed by atoms with Gasteiger partial charge in [0.2, 0.25) is 0 Å². The predicted molar refractivity (Wildman–Crippen MR) is 71.0 cm³/mol. The summed E-state index contributed by atoms with van der Waals surface area (Å²) in [7, 11) is 0. The second kappa shape index (κ2) is 4.63. The van der Waals surface area contributed by atoms with Gasteiger partial charge in [-0.05, 0) is 18.8 Å². The van der Waals surface area contributed by atoms with Gasteiger partial charge in [-0.1, -0.05) is 0 Å². The maximum atomic E-state index is 12.3. The minimum atomic E-state index is -0.0768. The largest absolute Gasteiger partial charge is 0.484 e. The van der Waals surface area contributed by atoms with Crippen LogP contribution in [0.4, 0.5) is 0 Å². The number of fused-ring (bicyclic) bond motifs is 3. The molecule has 3 aliphatic rings. The van der Waals surface area contributed by atoms with Gasteiger partial charge < -0.3 is 20.1 Å². The van der Waals surface area contributed by atoms with Crippen LogP contribution in [0.2, 0.25) is 0 Å². The van der Waals surface area contributed by atoms with Crippen molar-refractivity contribution in [2.45, 2.75) is 24.9 Å². The summed E-state index contributed by atoms with van der Waals surface area (Å²) in [5.74, 6) is 1.51. The summed E-state index contributed by atoms with van der Waals surface area (Å²) < 4.78 is 10.8. The zero-order valence-corrected chi connectivity index (χ0v) is 11.1. The molecule has 1 saturated carbocycles. The molecular weight excluding hydrogens is 258 g/mol. The minimum Gasteiger partial charge on any atom is -0.484 e. The molecule has 0 aromatic carbocycles. The number of ether oxygens (including phenoxy) is 2. The topological polar surface area (TPSA) is 72.5 Å². The first-order valence-electron chi connectivity index (χ1n) is 7.09. The number of piperidine rings is 1. The molecule has 1 saturated heterocycles. The first-order valence-corrected chi connectivity index (χ1v) is 7.09. The molecule has 1 aromatic rings. The van der Waals surface area contributed by atoms with Gasteiger partial charge in [-0.2, -0.15) is 0 Å². The van der Waals surface area contributed by atoms with Crippen molar-refractivity contribution in [1.29, 1.82) is 0 Å². The van der Waals surface area contributed by atoms with Crippen LogP contribution in [0.5, 0.6) is 11.6 Å². The van der Waals surface area contributed by atoms with Crippen LogP contribution in [0.25, 0.3) is 0 Å². The van der Waals surface area contributed by atoms with E-state index in [1.165, 1.54) is 6.42 Å². The Hall–Kier alpha value is -1.82. The monoisotopic (exact) mass is 275 g/mol. The van der Waals surface area contributed by atoms with E-state index < -0.39 is 0 Å². The maximum Gasteiger partial charge on any atom is 0.257 e. The summed E-state index contributed by atoms with van der Waals surface area (Å²) in [4.78, 5) is 16.4. The molecule has 6 heteroatoms. The number of hydrogen-bond acceptors (Lipinski definition) is 5. The fourth-order valence-electron chi connectivity index (χ4n) is 3.32. The van der Waals surface area contributed by atoms with Crippen molar-refractivity contribution in [2.24, 2.45) is 5.92 Å². The summed E-state index contributed by atoms with van der Waals surface area (Å²) in [6.45, 7) is 2.01. The molecule has 1 amide bonds. The van der Waals surface area contributed by atoms with E-state index in [9.17, 15) is 4.79 Å². The Bertz CT molecular complexity index is 548. The van der Waals surface area contributed by atoms with E-state index in [-0.39, 0.29) is 11.9 Å².